The van der Waals surface area contributed by atoms with Crippen LogP contribution in [0.3, 0.4) is 0 Å². The van der Waals surface area contributed by atoms with Gasteiger partial charge < -0.3 is 5.11 Å². The van der Waals surface area contributed by atoms with Crippen molar-refractivity contribution in [1.82, 2.24) is 4.98 Å². The first-order chi connectivity index (χ1) is 5.94. The van der Waals surface area contributed by atoms with E-state index in [2.05, 4.69) is 20.9 Å². The van der Waals surface area contributed by atoms with Gasteiger partial charge in [-0.15, -0.1) is 0 Å². The topological polar surface area (TPSA) is 33.1 Å². The summed E-state index contributed by atoms with van der Waals surface area (Å²) < 4.78 is 37.9. The van der Waals surface area contributed by atoms with E-state index in [0.717, 1.165) is 12.3 Å². The smallest absolute Gasteiger partial charge is 0.329 e. The van der Waals surface area contributed by atoms with Crippen molar-refractivity contribution in [3.05, 3.63) is 28.5 Å². The highest BCUT2D eigenvalue weighted by Crippen LogP contribution is 2.32. The van der Waals surface area contributed by atoms with Crippen molar-refractivity contribution in [2.75, 3.05) is 0 Å². The van der Waals surface area contributed by atoms with Gasteiger partial charge >= 0.3 is 5.92 Å². The van der Waals surface area contributed by atoms with Crippen molar-refractivity contribution in [2.24, 2.45) is 0 Å². The van der Waals surface area contributed by atoms with Crippen LogP contribution in [0.25, 0.3) is 0 Å². The zero-order valence-corrected chi connectivity index (χ0v) is 7.80. The van der Waals surface area contributed by atoms with Crippen LogP contribution in [0, 0.1) is 0 Å². The van der Waals surface area contributed by atoms with Crippen molar-refractivity contribution >= 4 is 15.9 Å². The molecule has 72 valence electrons. The first-order valence-corrected chi connectivity index (χ1v) is 4.06. The molecule has 13 heavy (non-hydrogen) atoms. The Balaban J connectivity index is 3.01. The van der Waals surface area contributed by atoms with Crippen molar-refractivity contribution in [3.8, 4) is 0 Å². The molecular weight excluding hydrogens is 251 g/mol. The van der Waals surface area contributed by atoms with Crippen molar-refractivity contribution in [2.45, 2.75) is 12.3 Å². The fourth-order valence-electron chi connectivity index (χ4n) is 0.711. The summed E-state index contributed by atoms with van der Waals surface area (Å²) in [4.78, 5) is 3.49. The number of hydrogen-bond donors (Lipinski definition) is 1. The quantitative estimate of drug-likeness (QED) is 0.823. The Morgan fingerprint density at radius 2 is 2.08 bits per heavy atom. The molecule has 0 radical (unpaired) electrons. The van der Waals surface area contributed by atoms with Crippen LogP contribution in [0.15, 0.2) is 22.9 Å². The highest BCUT2D eigenvalue weighted by molar-refractivity contribution is 9.10. The summed E-state index contributed by atoms with van der Waals surface area (Å²) in [5, 5.41) is 8.15. The monoisotopic (exact) mass is 255 g/mol. The Morgan fingerprint density at radius 1 is 1.46 bits per heavy atom. The molecule has 0 saturated heterocycles. The zero-order valence-electron chi connectivity index (χ0n) is 6.22. The maximum atomic E-state index is 12.7. The average molecular weight is 256 g/mol. The molecule has 6 heteroatoms. The van der Waals surface area contributed by atoms with Crippen LogP contribution in [0.5, 0.6) is 0 Å². The number of hydrogen-bond acceptors (Lipinski definition) is 2. The number of alkyl halides is 3. The molecule has 1 aromatic rings. The summed E-state index contributed by atoms with van der Waals surface area (Å²) in [7, 11) is 0. The first kappa shape index (κ1) is 10.5. The second-order valence-electron chi connectivity index (χ2n) is 2.33. The van der Waals surface area contributed by atoms with E-state index in [1.807, 2.05) is 0 Å². The molecule has 0 aliphatic carbocycles. The lowest BCUT2D eigenvalue weighted by Crippen LogP contribution is -2.26. The van der Waals surface area contributed by atoms with Crippen LogP contribution in [0.1, 0.15) is 5.56 Å². The van der Waals surface area contributed by atoms with Crippen molar-refractivity contribution in [3.63, 3.8) is 0 Å². The average Bonchev–Trinajstić information content (AvgIpc) is 2.04. The van der Waals surface area contributed by atoms with Crippen molar-refractivity contribution in [1.29, 1.82) is 0 Å². The van der Waals surface area contributed by atoms with Gasteiger partial charge in [0.2, 0.25) is 0 Å². The van der Waals surface area contributed by atoms with Crippen LogP contribution in [0.4, 0.5) is 13.2 Å². The van der Waals surface area contributed by atoms with Gasteiger partial charge in [0.15, 0.2) is 0 Å². The summed E-state index contributed by atoms with van der Waals surface area (Å²) >= 11 is 2.94. The van der Waals surface area contributed by atoms with Crippen molar-refractivity contribution < 1.29 is 18.3 Å². The van der Waals surface area contributed by atoms with E-state index in [0.29, 0.717) is 4.60 Å². The van der Waals surface area contributed by atoms with Gasteiger partial charge in [-0.25, -0.2) is 9.37 Å². The van der Waals surface area contributed by atoms with E-state index in [-0.39, 0.29) is 0 Å². The number of halogens is 4. The molecule has 1 N–H and O–H groups in total. The zero-order chi connectivity index (χ0) is 10.1. The van der Waals surface area contributed by atoms with Gasteiger partial charge in [-0.3, -0.25) is 0 Å². The lowest BCUT2D eigenvalue weighted by molar-refractivity contribution is -0.175. The first-order valence-electron chi connectivity index (χ1n) is 3.26. The molecule has 1 rings (SSSR count). The molecule has 0 bridgehead atoms. The normalized spacial score (nSPS) is 14.2. The minimum atomic E-state index is -3.91. The summed E-state index contributed by atoms with van der Waals surface area (Å²) in [6.07, 6.45) is -2.41. The third-order valence-electron chi connectivity index (χ3n) is 1.41. The Hall–Kier alpha value is -0.620. The van der Waals surface area contributed by atoms with Gasteiger partial charge in [0, 0.05) is 11.8 Å². The van der Waals surface area contributed by atoms with Gasteiger partial charge in [0.05, 0.1) is 0 Å². The largest absolute Gasteiger partial charge is 0.359 e. The third-order valence-corrected chi connectivity index (χ3v) is 1.88. The van der Waals surface area contributed by atoms with Gasteiger partial charge in [-0.2, -0.15) is 8.78 Å². The molecule has 0 aliphatic rings. The molecule has 1 atom stereocenters. The fourth-order valence-corrected chi connectivity index (χ4v) is 0.945. The maximum absolute atomic E-state index is 12.7. The lowest BCUT2D eigenvalue weighted by atomic mass is 10.1. The van der Waals surface area contributed by atoms with Crippen LogP contribution < -0.4 is 0 Å². The van der Waals surface area contributed by atoms with E-state index in [1.54, 1.807) is 0 Å². The minimum absolute atomic E-state index is 0.361. The third kappa shape index (κ3) is 2.19. The highest BCUT2D eigenvalue weighted by Gasteiger charge is 2.41. The van der Waals surface area contributed by atoms with E-state index in [4.69, 9.17) is 5.11 Å². The molecule has 1 unspecified atom stereocenters. The molecular formula is C7H5BrF3NO. The predicted octanol–water partition coefficient (Wildman–Crippen LogP) is 2.22. The second-order valence-corrected chi connectivity index (χ2v) is 3.14. The Labute approximate surface area is 80.5 Å². The summed E-state index contributed by atoms with van der Waals surface area (Å²) in [5.74, 6) is -3.91. The molecule has 1 heterocycles. The minimum Gasteiger partial charge on any atom is -0.359 e. The molecule has 1 aromatic heterocycles. The summed E-state index contributed by atoms with van der Waals surface area (Å²) in [6.45, 7) is 0. The van der Waals surface area contributed by atoms with E-state index in [1.165, 1.54) is 6.07 Å². The standard InChI is InChI=1S/C7H5BrF3NO/c8-5-2-1-4(3-12-5)7(10,11)6(9)13/h1-3,6,13H. The molecule has 0 amide bonds. The van der Waals surface area contributed by atoms with Gasteiger partial charge in [-0.05, 0) is 28.1 Å². The van der Waals surface area contributed by atoms with E-state index < -0.39 is 17.8 Å². The fraction of sp³-hybridized carbons (Fsp3) is 0.286. The number of rotatable bonds is 2. The van der Waals surface area contributed by atoms with Gasteiger partial charge in [-0.1, -0.05) is 0 Å². The predicted molar refractivity (Wildman–Crippen MR) is 42.9 cm³/mol. The van der Waals surface area contributed by atoms with Crippen LogP contribution in [-0.2, 0) is 5.92 Å². The summed E-state index contributed by atoms with van der Waals surface area (Å²) in [5.41, 5.74) is -0.661. The number of aromatic nitrogens is 1. The SMILES string of the molecule is OC(F)C(F)(F)c1ccc(Br)nc1. The van der Waals surface area contributed by atoms with E-state index in [9.17, 15) is 13.2 Å². The number of nitrogens with zero attached hydrogens (tertiary/aromatic N) is 1. The Morgan fingerprint density at radius 3 is 2.46 bits per heavy atom. The number of pyridine rings is 1. The maximum Gasteiger partial charge on any atom is 0.329 e. The lowest BCUT2D eigenvalue weighted by Gasteiger charge is -2.15. The second kappa shape index (κ2) is 3.63. The van der Waals surface area contributed by atoms with Gasteiger partial charge in [0.25, 0.3) is 6.36 Å². The molecule has 0 aromatic carbocycles. The Bertz CT molecular complexity index is 288. The number of aliphatic hydroxyl groups excluding tert-OH is 1. The highest BCUT2D eigenvalue weighted by atomic mass is 79.9. The van der Waals surface area contributed by atoms with E-state index >= 15 is 0 Å². The molecule has 0 spiro atoms. The molecule has 0 saturated carbocycles. The van der Waals surface area contributed by atoms with Crippen LogP contribution in [0.2, 0.25) is 0 Å². The Kier molecular flexibility index (Phi) is 2.92. The molecule has 0 fully saturated rings. The van der Waals surface area contributed by atoms with Crippen LogP contribution >= 0.6 is 15.9 Å². The van der Waals surface area contributed by atoms with Gasteiger partial charge in [0.1, 0.15) is 4.60 Å². The molecule has 0 aliphatic heterocycles. The van der Waals surface area contributed by atoms with Crippen LogP contribution in [-0.4, -0.2) is 16.4 Å². The number of aliphatic hydroxyl groups is 1. The molecule has 2 nitrogen and oxygen atoms in total. The summed E-state index contributed by atoms with van der Waals surface area (Å²) in [6, 6.07) is 2.23.